The third kappa shape index (κ3) is 4.89. The Morgan fingerprint density at radius 3 is 3.00 bits per heavy atom. The molecule has 0 radical (unpaired) electrons. The topological polar surface area (TPSA) is 68.8 Å². The summed E-state index contributed by atoms with van der Waals surface area (Å²) in [6.07, 6.45) is 0.425. The number of carbonyl (C=O) groups excluding carboxylic acids is 1. The van der Waals surface area contributed by atoms with Crippen molar-refractivity contribution in [1.82, 2.24) is 10.6 Å². The second kappa shape index (κ2) is 8.60. The molecule has 0 spiro atoms. The number of morpholine rings is 1. The average molecular weight is 308 g/mol. The predicted octanol–water partition coefficient (Wildman–Crippen LogP) is 1.09. The normalized spacial score (nSPS) is 17.8. The van der Waals surface area contributed by atoms with Gasteiger partial charge in [0.25, 0.3) is 0 Å². The van der Waals surface area contributed by atoms with E-state index in [9.17, 15) is 4.79 Å². The molecule has 1 aliphatic heterocycles. The Kier molecular flexibility index (Phi) is 6.48. The van der Waals surface area contributed by atoms with Crippen LogP contribution in [0.1, 0.15) is 18.9 Å². The molecule has 0 aromatic heterocycles. The third-order valence-corrected chi connectivity index (χ3v) is 3.45. The molecule has 1 heterocycles. The molecular formula is C16H24N2O4. The van der Waals surface area contributed by atoms with E-state index in [4.69, 9.17) is 14.2 Å². The van der Waals surface area contributed by atoms with E-state index in [1.807, 2.05) is 25.1 Å². The van der Waals surface area contributed by atoms with Gasteiger partial charge in [0.2, 0.25) is 5.91 Å². The molecule has 0 bridgehead atoms. The van der Waals surface area contributed by atoms with Crippen LogP contribution < -0.4 is 20.1 Å². The maximum atomic E-state index is 11.9. The van der Waals surface area contributed by atoms with Crippen LogP contribution in [0.2, 0.25) is 0 Å². The minimum Gasteiger partial charge on any atom is -0.493 e. The first-order valence-corrected chi connectivity index (χ1v) is 7.60. The molecule has 6 heteroatoms. The van der Waals surface area contributed by atoms with Gasteiger partial charge in [-0.05, 0) is 24.6 Å². The number of hydrogen-bond donors (Lipinski definition) is 2. The molecule has 1 aromatic carbocycles. The molecule has 6 nitrogen and oxygen atoms in total. The van der Waals surface area contributed by atoms with E-state index < -0.39 is 0 Å². The Morgan fingerprint density at radius 2 is 2.32 bits per heavy atom. The van der Waals surface area contributed by atoms with Crippen LogP contribution in [-0.2, 0) is 16.1 Å². The summed E-state index contributed by atoms with van der Waals surface area (Å²) in [7, 11) is 1.61. The number of carbonyl (C=O) groups is 1. The van der Waals surface area contributed by atoms with E-state index in [0.717, 1.165) is 12.1 Å². The molecule has 1 atom stereocenters. The van der Waals surface area contributed by atoms with Gasteiger partial charge in [0, 0.05) is 25.6 Å². The molecule has 2 N–H and O–H groups in total. The van der Waals surface area contributed by atoms with Crippen molar-refractivity contribution in [2.75, 3.05) is 33.5 Å². The second-order valence-corrected chi connectivity index (χ2v) is 5.13. The molecule has 1 aliphatic rings. The number of amides is 1. The first kappa shape index (κ1) is 16.6. The molecule has 1 aromatic rings. The molecule has 22 heavy (non-hydrogen) atoms. The molecule has 2 rings (SSSR count). The highest BCUT2D eigenvalue weighted by atomic mass is 16.5. The fourth-order valence-electron chi connectivity index (χ4n) is 2.34. The third-order valence-electron chi connectivity index (χ3n) is 3.45. The van der Waals surface area contributed by atoms with Crippen molar-refractivity contribution in [3.8, 4) is 11.5 Å². The molecular weight excluding hydrogens is 284 g/mol. The van der Waals surface area contributed by atoms with Crippen molar-refractivity contribution in [3.63, 3.8) is 0 Å². The lowest BCUT2D eigenvalue weighted by atomic mass is 10.1. The van der Waals surface area contributed by atoms with Crippen LogP contribution in [0.15, 0.2) is 18.2 Å². The van der Waals surface area contributed by atoms with Gasteiger partial charge < -0.3 is 24.8 Å². The summed E-state index contributed by atoms with van der Waals surface area (Å²) < 4.78 is 16.1. The SMILES string of the molecule is CCOc1ccc(CNC(=O)CC2COCCN2)cc1OC. The van der Waals surface area contributed by atoms with E-state index in [-0.39, 0.29) is 11.9 Å². The number of methoxy groups -OCH3 is 1. The monoisotopic (exact) mass is 308 g/mol. The number of ether oxygens (including phenoxy) is 3. The van der Waals surface area contributed by atoms with Crippen molar-refractivity contribution >= 4 is 5.91 Å². The minimum absolute atomic E-state index is 0.0100. The molecule has 0 aliphatic carbocycles. The highest BCUT2D eigenvalue weighted by Crippen LogP contribution is 2.27. The van der Waals surface area contributed by atoms with E-state index in [1.165, 1.54) is 0 Å². The van der Waals surface area contributed by atoms with Crippen LogP contribution in [0, 0.1) is 0 Å². The van der Waals surface area contributed by atoms with Crippen molar-refractivity contribution in [1.29, 1.82) is 0 Å². The lowest BCUT2D eigenvalue weighted by Gasteiger charge is -2.23. The largest absolute Gasteiger partial charge is 0.493 e. The summed E-state index contributed by atoms with van der Waals surface area (Å²) >= 11 is 0. The molecule has 1 saturated heterocycles. The van der Waals surface area contributed by atoms with Crippen LogP contribution >= 0.6 is 0 Å². The maximum absolute atomic E-state index is 11.9. The van der Waals surface area contributed by atoms with Crippen LogP contribution in [0.5, 0.6) is 11.5 Å². The Hall–Kier alpha value is -1.79. The number of hydrogen-bond acceptors (Lipinski definition) is 5. The number of nitrogens with one attached hydrogen (secondary N) is 2. The Labute approximate surface area is 131 Å². The minimum atomic E-state index is 0.0100. The van der Waals surface area contributed by atoms with Gasteiger partial charge in [-0.1, -0.05) is 6.07 Å². The second-order valence-electron chi connectivity index (χ2n) is 5.13. The van der Waals surface area contributed by atoms with Crippen LogP contribution in [0.25, 0.3) is 0 Å². The Morgan fingerprint density at radius 1 is 1.45 bits per heavy atom. The van der Waals surface area contributed by atoms with Gasteiger partial charge >= 0.3 is 0 Å². The zero-order valence-corrected chi connectivity index (χ0v) is 13.2. The van der Waals surface area contributed by atoms with Gasteiger partial charge in [0.05, 0.1) is 26.9 Å². The predicted molar refractivity (Wildman–Crippen MR) is 83.2 cm³/mol. The fraction of sp³-hybridized carbons (Fsp3) is 0.562. The Bertz CT molecular complexity index is 487. The van der Waals surface area contributed by atoms with Gasteiger partial charge in [-0.3, -0.25) is 4.79 Å². The molecule has 1 fully saturated rings. The first-order chi connectivity index (χ1) is 10.7. The van der Waals surface area contributed by atoms with E-state index in [2.05, 4.69) is 10.6 Å². The molecule has 1 amide bonds. The standard InChI is InChI=1S/C16H24N2O4/c1-3-22-14-5-4-12(8-15(14)20-2)10-18-16(19)9-13-11-21-7-6-17-13/h4-5,8,13,17H,3,6-7,9-11H2,1-2H3,(H,18,19). The van der Waals surface area contributed by atoms with Crippen LogP contribution in [0.4, 0.5) is 0 Å². The van der Waals surface area contributed by atoms with Gasteiger partial charge in [-0.15, -0.1) is 0 Å². The van der Waals surface area contributed by atoms with Crippen molar-refractivity contribution in [3.05, 3.63) is 23.8 Å². The summed E-state index contributed by atoms with van der Waals surface area (Å²) in [5, 5.41) is 6.18. The smallest absolute Gasteiger partial charge is 0.221 e. The van der Waals surface area contributed by atoms with Gasteiger partial charge in [-0.2, -0.15) is 0 Å². The van der Waals surface area contributed by atoms with Crippen molar-refractivity contribution in [2.24, 2.45) is 0 Å². The molecule has 0 saturated carbocycles. The lowest BCUT2D eigenvalue weighted by Crippen LogP contribution is -2.44. The zero-order valence-electron chi connectivity index (χ0n) is 13.2. The quantitative estimate of drug-likeness (QED) is 0.789. The highest BCUT2D eigenvalue weighted by molar-refractivity contribution is 5.76. The first-order valence-electron chi connectivity index (χ1n) is 7.60. The summed E-state index contributed by atoms with van der Waals surface area (Å²) in [6.45, 7) is 5.08. The summed E-state index contributed by atoms with van der Waals surface area (Å²) in [4.78, 5) is 11.9. The van der Waals surface area contributed by atoms with Gasteiger partial charge in [0.1, 0.15) is 0 Å². The van der Waals surface area contributed by atoms with Crippen molar-refractivity contribution in [2.45, 2.75) is 25.9 Å². The summed E-state index contributed by atoms with van der Waals surface area (Å²) in [5.41, 5.74) is 0.974. The van der Waals surface area contributed by atoms with E-state index >= 15 is 0 Å². The van der Waals surface area contributed by atoms with Gasteiger partial charge in [0.15, 0.2) is 11.5 Å². The average Bonchev–Trinajstić information content (AvgIpc) is 2.55. The molecule has 1 unspecified atom stereocenters. The number of rotatable bonds is 7. The lowest BCUT2D eigenvalue weighted by molar-refractivity contribution is -0.122. The summed E-state index contributed by atoms with van der Waals surface area (Å²) in [6, 6.07) is 5.77. The van der Waals surface area contributed by atoms with E-state index in [1.54, 1.807) is 7.11 Å². The summed E-state index contributed by atoms with van der Waals surface area (Å²) in [5.74, 6) is 1.40. The number of benzene rings is 1. The van der Waals surface area contributed by atoms with Crippen LogP contribution in [0.3, 0.4) is 0 Å². The zero-order chi connectivity index (χ0) is 15.8. The maximum Gasteiger partial charge on any atom is 0.221 e. The highest BCUT2D eigenvalue weighted by Gasteiger charge is 2.16. The fourth-order valence-corrected chi connectivity index (χ4v) is 2.34. The van der Waals surface area contributed by atoms with E-state index in [0.29, 0.717) is 44.3 Å². The molecule has 122 valence electrons. The van der Waals surface area contributed by atoms with Crippen LogP contribution in [-0.4, -0.2) is 45.4 Å². The Balaban J connectivity index is 1.83. The van der Waals surface area contributed by atoms with Gasteiger partial charge in [-0.25, -0.2) is 0 Å². The van der Waals surface area contributed by atoms with Crippen molar-refractivity contribution < 1.29 is 19.0 Å².